The van der Waals surface area contributed by atoms with E-state index in [0.717, 1.165) is 6.20 Å². The van der Waals surface area contributed by atoms with E-state index in [0.29, 0.717) is 17.8 Å². The molecular formula is C8H7F3N4. The molecule has 0 aliphatic heterocycles. The van der Waals surface area contributed by atoms with Crippen molar-refractivity contribution < 1.29 is 13.2 Å². The molecule has 0 spiro atoms. The fourth-order valence-corrected chi connectivity index (χ4v) is 1.16. The van der Waals surface area contributed by atoms with Crippen molar-refractivity contribution in [1.82, 2.24) is 19.9 Å². The van der Waals surface area contributed by atoms with Crippen molar-refractivity contribution in [2.45, 2.75) is 19.5 Å². The summed E-state index contributed by atoms with van der Waals surface area (Å²) in [5, 5.41) is 0. The number of halogens is 3. The number of fused-ring (bicyclic) bond motifs is 1. The lowest BCUT2D eigenvalue weighted by molar-refractivity contribution is -0.144. The zero-order valence-electron chi connectivity index (χ0n) is 7.76. The fraction of sp³-hybridized carbons (Fsp3) is 0.375. The van der Waals surface area contributed by atoms with E-state index in [1.165, 1.54) is 0 Å². The number of imidazole rings is 1. The number of aromatic amines is 1. The summed E-state index contributed by atoms with van der Waals surface area (Å²) in [6.07, 6.45) is -2.82. The highest BCUT2D eigenvalue weighted by atomic mass is 19.4. The van der Waals surface area contributed by atoms with Crippen molar-refractivity contribution in [3.8, 4) is 0 Å². The van der Waals surface area contributed by atoms with Crippen molar-refractivity contribution in [3.05, 3.63) is 17.8 Å². The monoisotopic (exact) mass is 216 g/mol. The molecule has 7 heteroatoms. The van der Waals surface area contributed by atoms with Crippen molar-refractivity contribution in [3.63, 3.8) is 0 Å². The average Bonchev–Trinajstić information content (AvgIpc) is 2.57. The first kappa shape index (κ1) is 9.88. The van der Waals surface area contributed by atoms with Gasteiger partial charge in [-0.3, -0.25) is 0 Å². The van der Waals surface area contributed by atoms with Gasteiger partial charge in [-0.15, -0.1) is 0 Å². The van der Waals surface area contributed by atoms with E-state index < -0.39 is 12.0 Å². The highest BCUT2D eigenvalue weighted by molar-refractivity contribution is 5.69. The summed E-state index contributed by atoms with van der Waals surface area (Å²) in [6, 6.07) is 0. The van der Waals surface area contributed by atoms with Gasteiger partial charge in [0.1, 0.15) is 11.3 Å². The lowest BCUT2D eigenvalue weighted by atomic mass is 10.5. The maximum atomic E-state index is 12.2. The van der Waals surface area contributed by atoms with Crippen molar-refractivity contribution in [2.75, 3.05) is 0 Å². The van der Waals surface area contributed by atoms with Crippen molar-refractivity contribution >= 4 is 11.2 Å². The van der Waals surface area contributed by atoms with E-state index in [-0.39, 0.29) is 5.65 Å². The smallest absolute Gasteiger partial charge is 0.339 e. The Morgan fingerprint density at radius 3 is 2.67 bits per heavy atom. The van der Waals surface area contributed by atoms with Crippen LogP contribution in [0.2, 0.25) is 0 Å². The molecule has 2 aromatic heterocycles. The highest BCUT2D eigenvalue weighted by Gasteiger charge is 2.34. The third-order valence-corrected chi connectivity index (χ3v) is 1.88. The van der Waals surface area contributed by atoms with E-state index in [2.05, 4.69) is 19.9 Å². The maximum absolute atomic E-state index is 12.2. The van der Waals surface area contributed by atoms with Gasteiger partial charge in [0.25, 0.3) is 0 Å². The van der Waals surface area contributed by atoms with Gasteiger partial charge in [0.2, 0.25) is 5.82 Å². The number of H-pyrrole nitrogens is 1. The summed E-state index contributed by atoms with van der Waals surface area (Å²) in [5.74, 6) is -0.567. The lowest BCUT2D eigenvalue weighted by Gasteiger charge is -2.02. The fourth-order valence-electron chi connectivity index (χ4n) is 1.16. The summed E-state index contributed by atoms with van der Waals surface area (Å²) < 4.78 is 36.7. The van der Waals surface area contributed by atoms with Gasteiger partial charge in [0, 0.05) is 6.42 Å². The normalized spacial score (nSPS) is 12.3. The number of aryl methyl sites for hydroxylation is 1. The van der Waals surface area contributed by atoms with Crippen LogP contribution in [-0.4, -0.2) is 19.9 Å². The van der Waals surface area contributed by atoms with Gasteiger partial charge in [0.15, 0.2) is 5.65 Å². The first-order chi connectivity index (χ1) is 7.00. The van der Waals surface area contributed by atoms with Crippen molar-refractivity contribution in [2.24, 2.45) is 0 Å². The number of alkyl halides is 3. The first-order valence-corrected chi connectivity index (χ1v) is 4.29. The predicted octanol–water partition coefficient (Wildman–Crippen LogP) is 1.93. The molecule has 0 atom stereocenters. The van der Waals surface area contributed by atoms with Crippen molar-refractivity contribution in [1.29, 1.82) is 0 Å². The van der Waals surface area contributed by atoms with Crippen LogP contribution in [-0.2, 0) is 12.6 Å². The molecule has 0 bridgehead atoms. The third kappa shape index (κ3) is 1.77. The van der Waals surface area contributed by atoms with E-state index >= 15 is 0 Å². The number of aromatic nitrogens is 4. The molecule has 0 amide bonds. The second kappa shape index (κ2) is 3.18. The van der Waals surface area contributed by atoms with Crippen LogP contribution >= 0.6 is 0 Å². The van der Waals surface area contributed by atoms with Gasteiger partial charge in [-0.25, -0.2) is 15.0 Å². The zero-order valence-corrected chi connectivity index (χ0v) is 7.76. The number of nitrogens with zero attached hydrogens (tertiary/aromatic N) is 3. The zero-order chi connectivity index (χ0) is 11.1. The Kier molecular flexibility index (Phi) is 2.09. The molecule has 0 radical (unpaired) electrons. The van der Waals surface area contributed by atoms with E-state index in [1.54, 1.807) is 0 Å². The number of hydrogen-bond donors (Lipinski definition) is 1. The van der Waals surface area contributed by atoms with Gasteiger partial charge < -0.3 is 4.98 Å². The minimum atomic E-state index is -4.53. The van der Waals surface area contributed by atoms with E-state index in [1.807, 2.05) is 6.92 Å². The molecule has 0 saturated heterocycles. The minimum absolute atomic E-state index is 0.0502. The van der Waals surface area contributed by atoms with Crippen LogP contribution in [0.1, 0.15) is 18.6 Å². The molecule has 2 rings (SSSR count). The second-order valence-corrected chi connectivity index (χ2v) is 2.97. The summed E-state index contributed by atoms with van der Waals surface area (Å²) >= 11 is 0. The molecular weight excluding hydrogens is 209 g/mol. The Morgan fingerprint density at radius 1 is 1.33 bits per heavy atom. The Hall–Kier alpha value is -1.66. The second-order valence-electron chi connectivity index (χ2n) is 2.97. The summed E-state index contributed by atoms with van der Waals surface area (Å²) in [6.45, 7) is 1.84. The molecule has 2 aromatic rings. The van der Waals surface area contributed by atoms with Gasteiger partial charge >= 0.3 is 6.18 Å². The van der Waals surface area contributed by atoms with Gasteiger partial charge in [0.05, 0.1) is 6.20 Å². The number of rotatable bonds is 1. The Bertz CT molecular complexity index is 488. The predicted molar refractivity (Wildman–Crippen MR) is 46.1 cm³/mol. The Balaban J connectivity index is 2.55. The van der Waals surface area contributed by atoms with Gasteiger partial charge in [-0.05, 0) is 0 Å². The molecule has 0 saturated carbocycles. The molecule has 0 aromatic carbocycles. The van der Waals surface area contributed by atoms with Crippen LogP contribution in [0.3, 0.4) is 0 Å². The highest BCUT2D eigenvalue weighted by Crippen LogP contribution is 2.26. The summed E-state index contributed by atoms with van der Waals surface area (Å²) in [7, 11) is 0. The molecule has 2 heterocycles. The Labute approximate surface area is 82.6 Å². The molecule has 1 N–H and O–H groups in total. The Morgan fingerprint density at radius 2 is 2.07 bits per heavy atom. The SMILES string of the molecule is CCc1nc2nc(C(F)(F)F)ncc2[nH]1. The molecule has 0 fully saturated rings. The van der Waals surface area contributed by atoms with Crippen LogP contribution in [0.4, 0.5) is 13.2 Å². The standard InChI is InChI=1S/C8H7F3N4/c1-2-5-13-4-3-12-7(8(9,10)11)15-6(4)14-5/h3H,2H2,1H3,(H,12,13,14,15). The number of nitrogens with one attached hydrogen (secondary N) is 1. The van der Waals surface area contributed by atoms with Crippen LogP contribution in [0.15, 0.2) is 6.20 Å². The van der Waals surface area contributed by atoms with Gasteiger partial charge in [-0.1, -0.05) is 6.92 Å². The molecule has 0 aliphatic carbocycles. The number of hydrogen-bond acceptors (Lipinski definition) is 3. The molecule has 80 valence electrons. The van der Waals surface area contributed by atoms with E-state index in [4.69, 9.17) is 0 Å². The van der Waals surface area contributed by atoms with Crippen LogP contribution in [0.25, 0.3) is 11.2 Å². The first-order valence-electron chi connectivity index (χ1n) is 4.29. The molecule has 4 nitrogen and oxygen atoms in total. The topological polar surface area (TPSA) is 54.5 Å². The van der Waals surface area contributed by atoms with Crippen LogP contribution in [0, 0.1) is 0 Å². The average molecular weight is 216 g/mol. The molecule has 0 unspecified atom stereocenters. The molecule has 15 heavy (non-hydrogen) atoms. The van der Waals surface area contributed by atoms with E-state index in [9.17, 15) is 13.2 Å². The third-order valence-electron chi connectivity index (χ3n) is 1.88. The quantitative estimate of drug-likeness (QED) is 0.792. The molecule has 0 aliphatic rings. The largest absolute Gasteiger partial charge is 0.451 e. The minimum Gasteiger partial charge on any atom is -0.339 e. The summed E-state index contributed by atoms with van der Waals surface area (Å²) in [4.78, 5) is 13.3. The lowest BCUT2D eigenvalue weighted by Crippen LogP contribution is -2.10. The van der Waals surface area contributed by atoms with Crippen LogP contribution < -0.4 is 0 Å². The van der Waals surface area contributed by atoms with Gasteiger partial charge in [-0.2, -0.15) is 13.2 Å². The van der Waals surface area contributed by atoms with Crippen LogP contribution in [0.5, 0.6) is 0 Å². The maximum Gasteiger partial charge on any atom is 0.451 e. The summed E-state index contributed by atoms with van der Waals surface area (Å²) in [5.41, 5.74) is 0.467.